The molecule has 0 bridgehead atoms. The minimum atomic E-state index is -0.524. The van der Waals surface area contributed by atoms with E-state index in [9.17, 15) is 14.4 Å². The lowest BCUT2D eigenvalue weighted by Crippen LogP contribution is -2.45. The Bertz CT molecular complexity index is 1270. The van der Waals surface area contributed by atoms with E-state index < -0.39 is 11.9 Å². The third-order valence-electron chi connectivity index (χ3n) is 6.62. The second-order valence-electron chi connectivity index (χ2n) is 9.52. The molecule has 0 spiro atoms. The minimum absolute atomic E-state index is 0.202. The number of urea groups is 1. The van der Waals surface area contributed by atoms with Crippen LogP contribution in [0.25, 0.3) is 11.1 Å². The molecule has 3 aromatic rings. The molecule has 0 radical (unpaired) electrons. The largest absolute Gasteiger partial charge is 0.366 e. The summed E-state index contributed by atoms with van der Waals surface area (Å²) in [6, 6.07) is 20.0. The number of hydrogen-bond acceptors (Lipinski definition) is 3. The van der Waals surface area contributed by atoms with Crippen molar-refractivity contribution in [3.63, 3.8) is 0 Å². The minimum Gasteiger partial charge on any atom is -0.366 e. The molecule has 1 aliphatic rings. The predicted octanol–water partition coefficient (Wildman–Crippen LogP) is 5.52. The third-order valence-corrected chi connectivity index (χ3v) is 6.62. The SMILES string of the molecule is Cc1cc(-c2ccc(NC(=O)[C@H]3CCCN3C(=O)Nc3ccc(C(C)C)cc3)cc2)ccc1C(N)=O. The zero-order chi connectivity index (χ0) is 25.8. The van der Waals surface area contributed by atoms with Crippen LogP contribution in [0.5, 0.6) is 0 Å². The van der Waals surface area contributed by atoms with Crippen molar-refractivity contribution in [2.75, 3.05) is 17.2 Å². The van der Waals surface area contributed by atoms with Gasteiger partial charge in [0.2, 0.25) is 11.8 Å². The van der Waals surface area contributed by atoms with Crippen LogP contribution in [0.15, 0.2) is 66.7 Å². The molecule has 1 fully saturated rings. The smallest absolute Gasteiger partial charge is 0.322 e. The lowest BCUT2D eigenvalue weighted by Gasteiger charge is -2.24. The van der Waals surface area contributed by atoms with Crippen molar-refractivity contribution in [3.8, 4) is 11.1 Å². The molecular weight excluding hydrogens is 452 g/mol. The molecule has 1 saturated heterocycles. The van der Waals surface area contributed by atoms with Crippen molar-refractivity contribution >= 4 is 29.2 Å². The first-order chi connectivity index (χ1) is 17.2. The highest BCUT2D eigenvalue weighted by molar-refractivity contribution is 6.00. The summed E-state index contributed by atoms with van der Waals surface area (Å²) in [5.41, 5.74) is 11.2. The second-order valence-corrected chi connectivity index (χ2v) is 9.52. The molecule has 1 atom stereocenters. The molecule has 0 unspecified atom stereocenters. The molecule has 0 saturated carbocycles. The Morgan fingerprint density at radius 3 is 2.11 bits per heavy atom. The number of nitrogens with one attached hydrogen (secondary N) is 2. The number of primary amides is 1. The zero-order valence-electron chi connectivity index (χ0n) is 20.9. The molecular formula is C29H32N4O3. The quantitative estimate of drug-likeness (QED) is 0.429. The average molecular weight is 485 g/mol. The molecule has 186 valence electrons. The van der Waals surface area contributed by atoms with Crippen LogP contribution in [0.1, 0.15) is 54.1 Å². The predicted molar refractivity (Wildman–Crippen MR) is 143 cm³/mol. The van der Waals surface area contributed by atoms with Gasteiger partial charge in [0.1, 0.15) is 6.04 Å². The highest BCUT2D eigenvalue weighted by atomic mass is 16.2. The van der Waals surface area contributed by atoms with Gasteiger partial charge >= 0.3 is 6.03 Å². The van der Waals surface area contributed by atoms with Gasteiger partial charge in [0.15, 0.2) is 0 Å². The van der Waals surface area contributed by atoms with Gasteiger partial charge in [0.25, 0.3) is 0 Å². The van der Waals surface area contributed by atoms with E-state index >= 15 is 0 Å². The standard InChI is InChI=1S/C29H32N4O3/c1-18(2)20-6-11-24(12-7-20)32-29(36)33-16-4-5-26(33)28(35)31-23-13-8-21(9-14-23)22-10-15-25(27(30)34)19(3)17-22/h6-15,17-18,26H,4-5,16H2,1-3H3,(H2,30,34)(H,31,35)(H,32,36)/t26-/m1/s1. The van der Waals surface area contributed by atoms with Gasteiger partial charge in [0.05, 0.1) is 0 Å². The number of carbonyl (C=O) groups excluding carboxylic acids is 3. The summed E-state index contributed by atoms with van der Waals surface area (Å²) in [6.07, 6.45) is 1.40. The van der Waals surface area contributed by atoms with Crippen LogP contribution in [-0.2, 0) is 4.79 Å². The van der Waals surface area contributed by atoms with E-state index in [0.29, 0.717) is 35.8 Å². The normalized spacial score (nSPS) is 15.1. The Balaban J connectivity index is 1.39. The fraction of sp³-hybridized carbons (Fsp3) is 0.276. The van der Waals surface area contributed by atoms with Crippen molar-refractivity contribution in [3.05, 3.63) is 83.4 Å². The number of amides is 4. The first kappa shape index (κ1) is 25.0. The topological polar surface area (TPSA) is 105 Å². The van der Waals surface area contributed by atoms with Crippen LogP contribution in [0, 0.1) is 6.92 Å². The molecule has 7 heteroatoms. The molecule has 3 aromatic carbocycles. The van der Waals surface area contributed by atoms with Crippen molar-refractivity contribution in [2.45, 2.75) is 45.6 Å². The lowest BCUT2D eigenvalue weighted by atomic mass is 9.99. The van der Waals surface area contributed by atoms with Crippen LogP contribution in [-0.4, -0.2) is 35.3 Å². The first-order valence-corrected chi connectivity index (χ1v) is 12.2. The molecule has 4 amide bonds. The first-order valence-electron chi connectivity index (χ1n) is 12.2. The van der Waals surface area contributed by atoms with Crippen LogP contribution in [0.2, 0.25) is 0 Å². The number of likely N-dealkylation sites (tertiary alicyclic amines) is 1. The molecule has 4 N–H and O–H groups in total. The zero-order valence-corrected chi connectivity index (χ0v) is 20.9. The van der Waals surface area contributed by atoms with Crippen LogP contribution in [0.4, 0.5) is 16.2 Å². The van der Waals surface area contributed by atoms with Gasteiger partial charge in [-0.25, -0.2) is 4.79 Å². The van der Waals surface area contributed by atoms with Crippen molar-refractivity contribution in [1.29, 1.82) is 0 Å². The molecule has 4 rings (SSSR count). The van der Waals surface area contributed by atoms with Gasteiger partial charge in [-0.2, -0.15) is 0 Å². The summed E-state index contributed by atoms with van der Waals surface area (Å²) < 4.78 is 0. The monoisotopic (exact) mass is 484 g/mol. The molecule has 1 aliphatic heterocycles. The summed E-state index contributed by atoms with van der Waals surface area (Å²) >= 11 is 0. The Labute approximate surface area is 211 Å². The third kappa shape index (κ3) is 5.57. The summed E-state index contributed by atoms with van der Waals surface area (Å²) in [7, 11) is 0. The van der Waals surface area contributed by atoms with Crippen LogP contribution in [0.3, 0.4) is 0 Å². The molecule has 0 aromatic heterocycles. The Hall–Kier alpha value is -4.13. The molecule has 1 heterocycles. The van der Waals surface area contributed by atoms with Crippen molar-refractivity contribution in [1.82, 2.24) is 4.90 Å². The van der Waals surface area contributed by atoms with Crippen molar-refractivity contribution in [2.24, 2.45) is 5.73 Å². The summed E-state index contributed by atoms with van der Waals surface area (Å²) in [4.78, 5) is 39.0. The van der Waals surface area contributed by atoms with Crippen LogP contribution >= 0.6 is 0 Å². The van der Waals surface area contributed by atoms with E-state index in [0.717, 1.165) is 23.1 Å². The number of nitrogens with zero attached hydrogens (tertiary/aromatic N) is 1. The number of hydrogen-bond donors (Lipinski definition) is 3. The number of rotatable bonds is 6. The maximum absolute atomic E-state index is 13.0. The maximum Gasteiger partial charge on any atom is 0.322 e. The number of aryl methyl sites for hydroxylation is 1. The van der Waals surface area contributed by atoms with Gasteiger partial charge in [-0.15, -0.1) is 0 Å². The van der Waals surface area contributed by atoms with Gasteiger partial charge in [-0.1, -0.05) is 50.2 Å². The summed E-state index contributed by atoms with van der Waals surface area (Å²) in [5.74, 6) is -0.232. The number of nitrogens with two attached hydrogens (primary N) is 1. The summed E-state index contributed by atoms with van der Waals surface area (Å²) in [6.45, 7) is 6.63. The van der Waals surface area contributed by atoms with Gasteiger partial charge < -0.3 is 21.3 Å². The highest BCUT2D eigenvalue weighted by Crippen LogP contribution is 2.26. The van der Waals surface area contributed by atoms with E-state index in [1.807, 2.05) is 67.6 Å². The number of anilines is 2. The van der Waals surface area contributed by atoms with Crippen molar-refractivity contribution < 1.29 is 14.4 Å². The van der Waals surface area contributed by atoms with E-state index in [2.05, 4.69) is 24.5 Å². The van der Waals surface area contributed by atoms with E-state index in [1.54, 1.807) is 11.0 Å². The Morgan fingerprint density at radius 1 is 0.889 bits per heavy atom. The number of benzene rings is 3. The second kappa shape index (κ2) is 10.6. The van der Waals surface area contributed by atoms with E-state index in [-0.39, 0.29) is 11.9 Å². The highest BCUT2D eigenvalue weighted by Gasteiger charge is 2.34. The Kier molecular flexibility index (Phi) is 7.38. The summed E-state index contributed by atoms with van der Waals surface area (Å²) in [5, 5.41) is 5.86. The number of carbonyl (C=O) groups is 3. The molecule has 36 heavy (non-hydrogen) atoms. The lowest BCUT2D eigenvalue weighted by molar-refractivity contribution is -0.119. The van der Waals surface area contributed by atoms with E-state index in [4.69, 9.17) is 5.73 Å². The Morgan fingerprint density at radius 2 is 1.50 bits per heavy atom. The van der Waals surface area contributed by atoms with Crippen LogP contribution < -0.4 is 16.4 Å². The van der Waals surface area contributed by atoms with E-state index in [1.165, 1.54) is 5.56 Å². The fourth-order valence-electron chi connectivity index (χ4n) is 4.52. The maximum atomic E-state index is 13.0. The molecule has 7 nitrogen and oxygen atoms in total. The van der Waals surface area contributed by atoms with Gasteiger partial charge in [0, 0.05) is 23.5 Å². The average Bonchev–Trinajstić information content (AvgIpc) is 3.35. The van der Waals surface area contributed by atoms with Gasteiger partial charge in [-0.3, -0.25) is 9.59 Å². The molecule has 0 aliphatic carbocycles. The van der Waals surface area contributed by atoms with Gasteiger partial charge in [-0.05, 0) is 78.3 Å². The fourth-order valence-corrected chi connectivity index (χ4v) is 4.52.